The maximum Gasteiger partial charge on any atom is 0.141 e. The summed E-state index contributed by atoms with van der Waals surface area (Å²) in [6.45, 7) is 9.46. The first-order valence-electron chi connectivity index (χ1n) is 10.5. The lowest BCUT2D eigenvalue weighted by Gasteiger charge is -2.23. The molecule has 0 atom stereocenters. The van der Waals surface area contributed by atoms with Gasteiger partial charge in [-0.1, -0.05) is 0 Å². The van der Waals surface area contributed by atoms with Crippen LogP contribution >= 0.6 is 0 Å². The first kappa shape index (κ1) is 20.7. The fourth-order valence-corrected chi connectivity index (χ4v) is 3.82. The van der Waals surface area contributed by atoms with E-state index in [4.69, 9.17) is 0 Å². The van der Waals surface area contributed by atoms with Crippen molar-refractivity contribution in [1.29, 1.82) is 0 Å². The molecule has 0 unspecified atom stereocenters. The molecule has 0 saturated carbocycles. The van der Waals surface area contributed by atoms with Gasteiger partial charge in [-0.25, -0.2) is 14.6 Å². The van der Waals surface area contributed by atoms with Crippen molar-refractivity contribution >= 4 is 0 Å². The Morgan fingerprint density at radius 3 is 2.27 bits per heavy atom. The standard InChI is InChI=1S/2C7H11N3.C6H10N4/c1-9-2-3-10-6-8-4-7(10)5-9;1-9-4-5-10-7(6-9)2-3-8-10;1-9-2-3-10-6(4-9)7-5-8-10/h4,6H,2-3,5H2,1H3;2-3H,4-6H2,1H3;5H,2-4H2,1H3. The molecule has 0 aliphatic carbocycles. The highest BCUT2D eigenvalue weighted by atomic mass is 15.4. The van der Waals surface area contributed by atoms with Gasteiger partial charge >= 0.3 is 0 Å². The van der Waals surface area contributed by atoms with Crippen LogP contribution in [0, 0.1) is 0 Å². The minimum Gasteiger partial charge on any atom is -0.332 e. The molecule has 0 bridgehead atoms. The Hall–Kier alpha value is -2.56. The van der Waals surface area contributed by atoms with Crippen molar-refractivity contribution in [2.24, 2.45) is 0 Å². The first-order chi connectivity index (χ1) is 14.6. The molecule has 10 heteroatoms. The van der Waals surface area contributed by atoms with E-state index < -0.39 is 0 Å². The second-order valence-electron chi connectivity index (χ2n) is 8.24. The van der Waals surface area contributed by atoms with E-state index in [1.165, 1.54) is 11.4 Å². The molecule has 0 N–H and O–H groups in total. The molecule has 3 aromatic rings. The highest BCUT2D eigenvalue weighted by Gasteiger charge is 2.13. The maximum atomic E-state index is 4.18. The monoisotopic (exact) mass is 412 g/mol. The number of hydrogen-bond acceptors (Lipinski definition) is 7. The number of fused-ring (bicyclic) bond motifs is 3. The average molecular weight is 413 g/mol. The van der Waals surface area contributed by atoms with E-state index in [-0.39, 0.29) is 0 Å². The highest BCUT2D eigenvalue weighted by molar-refractivity contribution is 5.02. The number of rotatable bonds is 0. The predicted molar refractivity (Wildman–Crippen MR) is 113 cm³/mol. The predicted octanol–water partition coefficient (Wildman–Crippen LogP) is 0.381. The summed E-state index contributed by atoms with van der Waals surface area (Å²) in [5.74, 6) is 1.08. The lowest BCUT2D eigenvalue weighted by atomic mass is 10.3. The largest absolute Gasteiger partial charge is 0.332 e. The van der Waals surface area contributed by atoms with E-state index >= 15 is 0 Å². The highest BCUT2D eigenvalue weighted by Crippen LogP contribution is 2.09. The van der Waals surface area contributed by atoms with Gasteiger partial charge < -0.3 is 4.57 Å². The van der Waals surface area contributed by atoms with E-state index in [1.807, 2.05) is 23.4 Å². The Balaban J connectivity index is 0.000000109. The Morgan fingerprint density at radius 1 is 0.733 bits per heavy atom. The van der Waals surface area contributed by atoms with Crippen LogP contribution in [0.5, 0.6) is 0 Å². The first-order valence-corrected chi connectivity index (χ1v) is 10.5. The zero-order valence-electron chi connectivity index (χ0n) is 18.2. The van der Waals surface area contributed by atoms with Gasteiger partial charge in [-0.2, -0.15) is 10.2 Å². The molecular weight excluding hydrogens is 380 g/mol. The molecule has 3 aliphatic heterocycles. The fourth-order valence-electron chi connectivity index (χ4n) is 3.82. The van der Waals surface area contributed by atoms with E-state index in [0.29, 0.717) is 0 Å². The van der Waals surface area contributed by atoms with Crippen molar-refractivity contribution in [2.75, 3.05) is 40.8 Å². The van der Waals surface area contributed by atoms with Gasteiger partial charge in [0, 0.05) is 51.7 Å². The molecule has 0 saturated heterocycles. The van der Waals surface area contributed by atoms with Crippen LogP contribution in [0.4, 0.5) is 0 Å². The van der Waals surface area contributed by atoms with Crippen molar-refractivity contribution in [3.8, 4) is 0 Å². The van der Waals surface area contributed by atoms with Crippen molar-refractivity contribution in [2.45, 2.75) is 39.3 Å². The van der Waals surface area contributed by atoms with E-state index in [9.17, 15) is 0 Å². The van der Waals surface area contributed by atoms with Crippen molar-refractivity contribution in [1.82, 2.24) is 48.8 Å². The molecule has 0 spiro atoms. The summed E-state index contributed by atoms with van der Waals surface area (Å²) < 4.78 is 6.24. The second kappa shape index (κ2) is 9.50. The van der Waals surface area contributed by atoms with Crippen LogP contribution < -0.4 is 0 Å². The zero-order valence-corrected chi connectivity index (χ0v) is 18.2. The quantitative estimate of drug-likeness (QED) is 0.528. The molecule has 0 amide bonds. The van der Waals surface area contributed by atoms with Crippen LogP contribution in [0.1, 0.15) is 17.2 Å². The second-order valence-corrected chi connectivity index (χ2v) is 8.24. The van der Waals surface area contributed by atoms with Crippen LogP contribution in [0.25, 0.3) is 0 Å². The van der Waals surface area contributed by atoms with Crippen LogP contribution in [-0.4, -0.2) is 89.6 Å². The Labute approximate surface area is 177 Å². The van der Waals surface area contributed by atoms with Gasteiger partial charge in [-0.15, -0.1) is 0 Å². The summed E-state index contributed by atoms with van der Waals surface area (Å²) in [5.41, 5.74) is 2.66. The Morgan fingerprint density at radius 2 is 1.43 bits per heavy atom. The number of imidazole rings is 1. The SMILES string of the molecule is CN1CCn2cncc2C1.CN1CCn2nccc2C1.CN1CCn2ncnc2C1. The number of likely N-dealkylation sites (N-methyl/N-ethyl adjacent to an activating group) is 3. The minimum absolute atomic E-state index is 0.931. The van der Waals surface area contributed by atoms with E-state index in [0.717, 1.165) is 64.7 Å². The lowest BCUT2D eigenvalue weighted by Crippen LogP contribution is -2.30. The summed E-state index contributed by atoms with van der Waals surface area (Å²) in [7, 11) is 6.37. The summed E-state index contributed by atoms with van der Waals surface area (Å²) in [5, 5.41) is 8.25. The van der Waals surface area contributed by atoms with Gasteiger partial charge in [0.1, 0.15) is 12.2 Å². The summed E-state index contributed by atoms with van der Waals surface area (Å²) in [6.07, 6.45) is 7.33. The molecule has 6 heterocycles. The van der Waals surface area contributed by atoms with E-state index in [2.05, 4.69) is 71.3 Å². The van der Waals surface area contributed by atoms with Gasteiger partial charge in [-0.3, -0.25) is 19.4 Å². The van der Waals surface area contributed by atoms with Crippen LogP contribution in [0.2, 0.25) is 0 Å². The minimum atomic E-state index is 0.931. The average Bonchev–Trinajstić information content (AvgIpc) is 3.48. The lowest BCUT2D eigenvalue weighted by molar-refractivity contribution is 0.254. The molecule has 6 rings (SSSR count). The molecule has 3 aromatic heterocycles. The van der Waals surface area contributed by atoms with Crippen LogP contribution in [0.15, 0.2) is 31.1 Å². The van der Waals surface area contributed by atoms with Gasteiger partial charge in [0.05, 0.1) is 37.3 Å². The maximum absolute atomic E-state index is 4.18. The number of hydrogen-bond donors (Lipinski definition) is 0. The third-order valence-electron chi connectivity index (χ3n) is 5.68. The molecule has 0 fully saturated rings. The zero-order chi connectivity index (χ0) is 20.9. The van der Waals surface area contributed by atoms with Crippen molar-refractivity contribution < 1.29 is 0 Å². The van der Waals surface area contributed by atoms with Gasteiger partial charge in [0.15, 0.2) is 0 Å². The van der Waals surface area contributed by atoms with E-state index in [1.54, 1.807) is 6.33 Å². The molecule has 10 nitrogen and oxygen atoms in total. The normalized spacial score (nSPS) is 18.9. The summed E-state index contributed by atoms with van der Waals surface area (Å²) in [4.78, 5) is 15.0. The van der Waals surface area contributed by atoms with Gasteiger partial charge in [-0.05, 0) is 27.2 Å². The number of nitrogens with zero attached hydrogens (tertiary/aromatic N) is 10. The van der Waals surface area contributed by atoms with Crippen molar-refractivity contribution in [3.63, 3.8) is 0 Å². The fraction of sp³-hybridized carbons (Fsp3) is 0.600. The summed E-state index contributed by atoms with van der Waals surface area (Å²) in [6, 6.07) is 2.08. The van der Waals surface area contributed by atoms with Crippen molar-refractivity contribution in [3.05, 3.63) is 48.3 Å². The smallest absolute Gasteiger partial charge is 0.141 e. The third kappa shape index (κ3) is 5.13. The van der Waals surface area contributed by atoms with Crippen LogP contribution in [0.3, 0.4) is 0 Å². The molecule has 3 aliphatic rings. The Kier molecular flexibility index (Phi) is 6.56. The molecule has 0 radical (unpaired) electrons. The topological polar surface area (TPSA) is 76.1 Å². The Bertz CT molecular complexity index is 806. The van der Waals surface area contributed by atoms with Gasteiger partial charge in [0.2, 0.25) is 0 Å². The summed E-state index contributed by atoms with van der Waals surface area (Å²) >= 11 is 0. The molecular formula is C20H32N10. The van der Waals surface area contributed by atoms with Crippen LogP contribution in [-0.2, 0) is 39.3 Å². The van der Waals surface area contributed by atoms with Gasteiger partial charge in [0.25, 0.3) is 0 Å². The molecule has 0 aromatic carbocycles. The molecule has 162 valence electrons. The molecule has 30 heavy (non-hydrogen) atoms. The third-order valence-corrected chi connectivity index (χ3v) is 5.68. The number of aromatic nitrogens is 7.